The van der Waals surface area contributed by atoms with Gasteiger partial charge in [0.1, 0.15) is 0 Å². The number of rotatable bonds is 5. The Labute approximate surface area is 190 Å². The maximum Gasteiger partial charge on any atom is 0.231 e. The van der Waals surface area contributed by atoms with E-state index in [1.807, 2.05) is 13.1 Å². The predicted molar refractivity (Wildman–Crippen MR) is 128 cm³/mol. The molecular weight excluding hydrogens is 402 g/mol. The van der Waals surface area contributed by atoms with Gasteiger partial charge in [-0.25, -0.2) is 0 Å². The second kappa shape index (κ2) is 9.69. The Balaban J connectivity index is 1.07. The van der Waals surface area contributed by atoms with Gasteiger partial charge in [-0.1, -0.05) is 24.3 Å². The predicted octanol–water partition coefficient (Wildman–Crippen LogP) is 2.63. The zero-order valence-electron chi connectivity index (χ0n) is 18.9. The highest BCUT2D eigenvalue weighted by Gasteiger charge is 2.25. The molecule has 2 saturated heterocycles. The van der Waals surface area contributed by atoms with Crippen LogP contribution in [0.1, 0.15) is 12.0 Å². The van der Waals surface area contributed by atoms with Crippen molar-refractivity contribution in [2.45, 2.75) is 13.0 Å². The summed E-state index contributed by atoms with van der Waals surface area (Å²) in [4.78, 5) is 11.9. The number of nitrogens with one attached hydrogen (secondary N) is 1. The van der Waals surface area contributed by atoms with Crippen molar-refractivity contribution in [1.82, 2.24) is 15.1 Å². The Bertz CT molecular complexity index is 927. The molecule has 0 saturated carbocycles. The van der Waals surface area contributed by atoms with E-state index in [1.54, 1.807) is 0 Å². The molecule has 0 aromatic heterocycles. The fourth-order valence-corrected chi connectivity index (χ4v) is 4.86. The molecular formula is C25H33N5O2. The van der Waals surface area contributed by atoms with Gasteiger partial charge in [-0.3, -0.25) is 9.89 Å². The number of guanidine groups is 1. The maximum atomic E-state index is 5.52. The van der Waals surface area contributed by atoms with Crippen LogP contribution in [-0.4, -0.2) is 75.4 Å². The fraction of sp³-hybridized carbons (Fsp3) is 0.480. The third kappa shape index (κ3) is 4.78. The smallest absolute Gasteiger partial charge is 0.231 e. The summed E-state index contributed by atoms with van der Waals surface area (Å²) in [5, 5.41) is 3.65. The second-order valence-corrected chi connectivity index (χ2v) is 8.82. The number of benzene rings is 2. The molecule has 0 bridgehead atoms. The number of hydrogen-bond acceptors (Lipinski definition) is 5. The van der Waals surface area contributed by atoms with Gasteiger partial charge in [0.2, 0.25) is 6.79 Å². The summed E-state index contributed by atoms with van der Waals surface area (Å²) in [7, 11) is 1.90. The first-order valence-corrected chi connectivity index (χ1v) is 11.6. The maximum absolute atomic E-state index is 5.52. The van der Waals surface area contributed by atoms with E-state index < -0.39 is 0 Å². The monoisotopic (exact) mass is 435 g/mol. The summed E-state index contributed by atoms with van der Waals surface area (Å²) >= 11 is 0. The van der Waals surface area contributed by atoms with E-state index >= 15 is 0 Å². The highest BCUT2D eigenvalue weighted by Crippen LogP contribution is 2.32. The summed E-state index contributed by atoms with van der Waals surface area (Å²) < 4.78 is 10.9. The van der Waals surface area contributed by atoms with E-state index in [9.17, 15) is 0 Å². The van der Waals surface area contributed by atoms with Crippen LogP contribution in [0.2, 0.25) is 0 Å². The van der Waals surface area contributed by atoms with Crippen LogP contribution in [0.4, 0.5) is 5.69 Å². The van der Waals surface area contributed by atoms with Crippen molar-refractivity contribution in [3.05, 3.63) is 54.1 Å². The Morgan fingerprint density at radius 2 is 1.81 bits per heavy atom. The SMILES string of the molecule is CN=C(NCC1CCN(c2ccccc2)C1)N1CCN(Cc2ccc3c(c2)OCO3)CC1. The van der Waals surface area contributed by atoms with Gasteiger partial charge in [0.25, 0.3) is 0 Å². The molecule has 7 heteroatoms. The van der Waals surface area contributed by atoms with Crippen molar-refractivity contribution in [2.24, 2.45) is 10.9 Å². The lowest BCUT2D eigenvalue weighted by molar-refractivity contribution is 0.171. The van der Waals surface area contributed by atoms with Crippen LogP contribution < -0.4 is 19.7 Å². The van der Waals surface area contributed by atoms with Crippen LogP contribution in [0.15, 0.2) is 53.5 Å². The Hall–Kier alpha value is -2.93. The zero-order chi connectivity index (χ0) is 21.8. The molecule has 3 aliphatic heterocycles. The van der Waals surface area contributed by atoms with Crippen LogP contribution >= 0.6 is 0 Å². The normalized spacial score (nSPS) is 21.3. The minimum Gasteiger partial charge on any atom is -0.454 e. The first kappa shape index (κ1) is 20.9. The van der Waals surface area contributed by atoms with Crippen LogP contribution in [0.25, 0.3) is 0 Å². The topological polar surface area (TPSA) is 52.6 Å². The molecule has 1 atom stereocenters. The Morgan fingerprint density at radius 3 is 2.62 bits per heavy atom. The standard InChI is InChI=1S/C25H33N5O2/c1-26-25(27-16-21-9-10-30(18-21)22-5-3-2-4-6-22)29-13-11-28(12-14-29)17-20-7-8-23-24(15-20)32-19-31-23/h2-8,15,21H,9-14,16-19H2,1H3,(H,26,27). The van der Waals surface area contributed by atoms with Crippen LogP contribution in [-0.2, 0) is 6.54 Å². The molecule has 1 unspecified atom stereocenters. The Kier molecular flexibility index (Phi) is 6.34. The molecule has 3 heterocycles. The molecule has 1 N–H and O–H groups in total. The second-order valence-electron chi connectivity index (χ2n) is 8.82. The summed E-state index contributed by atoms with van der Waals surface area (Å²) in [5.41, 5.74) is 2.60. The number of para-hydroxylation sites is 1. The van der Waals surface area contributed by atoms with Crippen LogP contribution in [0.3, 0.4) is 0 Å². The van der Waals surface area contributed by atoms with Crippen LogP contribution in [0, 0.1) is 5.92 Å². The van der Waals surface area contributed by atoms with Crippen molar-refractivity contribution in [1.29, 1.82) is 0 Å². The third-order valence-electron chi connectivity index (χ3n) is 6.68. The number of piperazine rings is 1. The number of anilines is 1. The summed E-state index contributed by atoms with van der Waals surface area (Å²) in [6, 6.07) is 17.0. The lowest BCUT2D eigenvalue weighted by Gasteiger charge is -2.36. The minimum absolute atomic E-state index is 0.328. The average Bonchev–Trinajstić information content (AvgIpc) is 3.50. The molecule has 2 aromatic rings. The van der Waals surface area contributed by atoms with Gasteiger partial charge in [-0.05, 0) is 42.2 Å². The van der Waals surface area contributed by atoms with Gasteiger partial charge in [0.15, 0.2) is 17.5 Å². The number of hydrogen-bond donors (Lipinski definition) is 1. The summed E-state index contributed by atoms with van der Waals surface area (Å²) in [6.45, 7) is 8.53. The van der Waals surface area contributed by atoms with Gasteiger partial charge in [0.05, 0.1) is 0 Å². The van der Waals surface area contributed by atoms with E-state index in [4.69, 9.17) is 9.47 Å². The molecule has 2 aromatic carbocycles. The number of ether oxygens (including phenoxy) is 2. The molecule has 7 nitrogen and oxygen atoms in total. The molecule has 0 amide bonds. The van der Waals surface area contributed by atoms with Crippen molar-refractivity contribution in [3.63, 3.8) is 0 Å². The average molecular weight is 436 g/mol. The first-order chi connectivity index (χ1) is 15.8. The molecule has 5 rings (SSSR count). The van der Waals surface area contributed by atoms with Gasteiger partial charge < -0.3 is 24.6 Å². The molecule has 3 aliphatic rings. The van der Waals surface area contributed by atoms with E-state index in [-0.39, 0.29) is 0 Å². The van der Waals surface area contributed by atoms with Crippen molar-refractivity contribution in [2.75, 3.05) is 64.6 Å². The number of nitrogens with zero attached hydrogens (tertiary/aromatic N) is 4. The molecule has 0 spiro atoms. The lowest BCUT2D eigenvalue weighted by Crippen LogP contribution is -2.52. The molecule has 0 radical (unpaired) electrons. The van der Waals surface area contributed by atoms with Gasteiger partial charge >= 0.3 is 0 Å². The Morgan fingerprint density at radius 1 is 1.00 bits per heavy atom. The third-order valence-corrected chi connectivity index (χ3v) is 6.68. The van der Waals surface area contributed by atoms with E-state index in [0.29, 0.717) is 12.7 Å². The van der Waals surface area contributed by atoms with E-state index in [1.165, 1.54) is 17.7 Å². The quantitative estimate of drug-likeness (QED) is 0.576. The highest BCUT2D eigenvalue weighted by atomic mass is 16.7. The van der Waals surface area contributed by atoms with Gasteiger partial charge in [0, 0.05) is 65.1 Å². The summed E-state index contributed by atoms with van der Waals surface area (Å²) in [6.07, 6.45) is 1.22. The minimum atomic E-state index is 0.328. The van der Waals surface area contributed by atoms with Crippen molar-refractivity contribution in [3.8, 4) is 11.5 Å². The molecule has 2 fully saturated rings. The lowest BCUT2D eigenvalue weighted by atomic mass is 10.1. The summed E-state index contributed by atoms with van der Waals surface area (Å²) in [5.74, 6) is 3.40. The van der Waals surface area contributed by atoms with Gasteiger partial charge in [-0.2, -0.15) is 0 Å². The van der Waals surface area contributed by atoms with Crippen molar-refractivity contribution < 1.29 is 9.47 Å². The molecule has 32 heavy (non-hydrogen) atoms. The molecule has 0 aliphatic carbocycles. The fourth-order valence-electron chi connectivity index (χ4n) is 4.86. The number of fused-ring (bicyclic) bond motifs is 1. The van der Waals surface area contributed by atoms with Gasteiger partial charge in [-0.15, -0.1) is 0 Å². The first-order valence-electron chi connectivity index (χ1n) is 11.6. The van der Waals surface area contributed by atoms with E-state index in [2.05, 4.69) is 67.5 Å². The van der Waals surface area contributed by atoms with Crippen molar-refractivity contribution >= 4 is 11.6 Å². The largest absolute Gasteiger partial charge is 0.454 e. The number of aliphatic imine (C=N–C) groups is 1. The van der Waals surface area contributed by atoms with Crippen LogP contribution in [0.5, 0.6) is 11.5 Å². The zero-order valence-corrected chi connectivity index (χ0v) is 18.9. The van der Waals surface area contributed by atoms with E-state index in [0.717, 1.165) is 69.8 Å². The molecule has 170 valence electrons. The highest BCUT2D eigenvalue weighted by molar-refractivity contribution is 5.80.